The first-order valence-electron chi connectivity index (χ1n) is 4.80. The van der Waals surface area contributed by atoms with Crippen LogP contribution >= 0.6 is 0 Å². The van der Waals surface area contributed by atoms with E-state index in [1.807, 2.05) is 0 Å². The fraction of sp³-hybridized carbons (Fsp3) is 0.286. The highest BCUT2D eigenvalue weighted by Gasteiger charge is 1.95. The first kappa shape index (κ1) is 12.7. The van der Waals surface area contributed by atoms with Crippen LogP contribution in [0.1, 0.15) is 22.3 Å². The third-order valence-corrected chi connectivity index (χ3v) is 2.28. The molecule has 76 valence electrons. The second-order valence-corrected chi connectivity index (χ2v) is 3.49. The van der Waals surface area contributed by atoms with E-state index in [4.69, 9.17) is 0 Å². The zero-order valence-electron chi connectivity index (χ0n) is 9.72. The maximum absolute atomic E-state index is 3.36. The van der Waals surface area contributed by atoms with E-state index in [2.05, 4.69) is 53.0 Å². The van der Waals surface area contributed by atoms with E-state index in [9.17, 15) is 0 Å². The molecule has 0 aliphatic rings. The van der Waals surface area contributed by atoms with Crippen LogP contribution in [-0.4, -0.2) is 0 Å². The molecule has 0 bridgehead atoms. The Labute approximate surface area is 88.0 Å². The van der Waals surface area contributed by atoms with E-state index in [0.29, 0.717) is 0 Å². The van der Waals surface area contributed by atoms with E-state index in [1.165, 1.54) is 22.3 Å². The molecule has 0 unspecified atom stereocenters. The summed E-state index contributed by atoms with van der Waals surface area (Å²) in [4.78, 5) is 0. The molecule has 0 atom stereocenters. The summed E-state index contributed by atoms with van der Waals surface area (Å²) in [6.45, 7) is 15.3. The molecular weight excluding hydrogens is 168 g/mol. The van der Waals surface area contributed by atoms with Crippen LogP contribution in [0.5, 0.6) is 0 Å². The molecule has 0 saturated carbocycles. The van der Waals surface area contributed by atoms with Crippen molar-refractivity contribution in [1.82, 2.24) is 0 Å². The summed E-state index contributed by atoms with van der Waals surface area (Å²) in [6, 6.07) is 4.48. The lowest BCUT2D eigenvalue weighted by Gasteiger charge is -2.04. The molecule has 0 nitrogen and oxygen atoms in total. The molecule has 0 saturated heterocycles. The summed E-state index contributed by atoms with van der Waals surface area (Å²) in [5.41, 5.74) is 5.57. The average molecular weight is 188 g/mol. The van der Waals surface area contributed by atoms with Crippen LogP contribution in [0.25, 0.3) is 0 Å². The van der Waals surface area contributed by atoms with Crippen molar-refractivity contribution in [2.45, 2.75) is 27.7 Å². The van der Waals surface area contributed by atoms with Crippen molar-refractivity contribution in [3.63, 3.8) is 0 Å². The van der Waals surface area contributed by atoms with Crippen molar-refractivity contribution < 1.29 is 0 Å². The molecule has 0 heteroatoms. The Balaban J connectivity index is 0.000000364. The molecule has 1 aromatic rings. The van der Waals surface area contributed by atoms with Gasteiger partial charge in [-0.2, -0.15) is 0 Å². The van der Waals surface area contributed by atoms with E-state index >= 15 is 0 Å². The predicted molar refractivity (Wildman–Crippen MR) is 65.8 cm³/mol. The first-order chi connectivity index (χ1) is 6.52. The highest BCUT2D eigenvalue weighted by atomic mass is 14.0. The smallest absolute Gasteiger partial charge is 0.0395 e. The summed E-state index contributed by atoms with van der Waals surface area (Å²) < 4.78 is 0. The number of hydrogen-bond donors (Lipinski definition) is 0. The van der Waals surface area contributed by atoms with Gasteiger partial charge in [-0.05, 0) is 49.9 Å². The minimum Gasteiger partial charge on any atom is -0.0991 e. The van der Waals surface area contributed by atoms with E-state index in [0.717, 1.165) is 0 Å². The maximum Gasteiger partial charge on any atom is -0.0395 e. The van der Waals surface area contributed by atoms with Gasteiger partial charge in [0.25, 0.3) is 0 Å². The van der Waals surface area contributed by atoms with Gasteiger partial charge < -0.3 is 0 Å². The van der Waals surface area contributed by atoms with Crippen molar-refractivity contribution in [1.29, 1.82) is 0 Å². The van der Waals surface area contributed by atoms with Gasteiger partial charge in [0.05, 0.1) is 0 Å². The third kappa shape index (κ3) is 4.08. The summed E-state index contributed by atoms with van der Waals surface area (Å²) in [5, 5.41) is 0. The lowest BCUT2D eigenvalue weighted by Crippen LogP contribution is -1.86. The molecule has 1 aromatic carbocycles. The SMILES string of the molecule is C=CC=C.Cc1cc(C)c(C)cc1C. The summed E-state index contributed by atoms with van der Waals surface area (Å²) in [5.74, 6) is 0. The summed E-state index contributed by atoms with van der Waals surface area (Å²) >= 11 is 0. The van der Waals surface area contributed by atoms with Gasteiger partial charge in [0.2, 0.25) is 0 Å². The zero-order valence-corrected chi connectivity index (χ0v) is 9.72. The Kier molecular flexibility index (Phi) is 5.62. The predicted octanol–water partition coefficient (Wildman–Crippen LogP) is 4.28. The Morgan fingerprint density at radius 3 is 1.07 bits per heavy atom. The third-order valence-electron chi connectivity index (χ3n) is 2.28. The molecule has 0 amide bonds. The Hall–Kier alpha value is -1.30. The van der Waals surface area contributed by atoms with Gasteiger partial charge in [-0.1, -0.05) is 37.4 Å². The van der Waals surface area contributed by atoms with Crippen LogP contribution in [0.15, 0.2) is 37.4 Å². The van der Waals surface area contributed by atoms with Crippen molar-refractivity contribution >= 4 is 0 Å². The molecule has 0 spiro atoms. The Morgan fingerprint density at radius 2 is 0.929 bits per heavy atom. The standard InChI is InChI=1S/C10H14.C4H6/c1-7-5-9(3)10(4)6-8(7)2;1-3-4-2/h5-6H,1-4H3;3-4H,1-2H2. The highest BCUT2D eigenvalue weighted by molar-refractivity contribution is 5.35. The number of aryl methyl sites for hydroxylation is 4. The molecule has 14 heavy (non-hydrogen) atoms. The van der Waals surface area contributed by atoms with Crippen molar-refractivity contribution in [2.24, 2.45) is 0 Å². The quantitative estimate of drug-likeness (QED) is 0.577. The molecule has 0 radical (unpaired) electrons. The molecule has 0 aromatic heterocycles. The lowest BCUT2D eigenvalue weighted by atomic mass is 10.0. The molecule has 0 aliphatic heterocycles. The fourth-order valence-electron chi connectivity index (χ4n) is 1.10. The highest BCUT2D eigenvalue weighted by Crippen LogP contribution is 2.13. The second kappa shape index (κ2) is 6.20. The monoisotopic (exact) mass is 188 g/mol. The minimum absolute atomic E-state index is 1.39. The van der Waals surface area contributed by atoms with Gasteiger partial charge in [-0.3, -0.25) is 0 Å². The van der Waals surface area contributed by atoms with Gasteiger partial charge >= 0.3 is 0 Å². The number of rotatable bonds is 1. The molecule has 0 aliphatic carbocycles. The van der Waals surface area contributed by atoms with Gasteiger partial charge in [0, 0.05) is 0 Å². The molecular formula is C14H20. The van der Waals surface area contributed by atoms with Gasteiger partial charge in [-0.15, -0.1) is 0 Å². The van der Waals surface area contributed by atoms with Gasteiger partial charge in [0.1, 0.15) is 0 Å². The average Bonchev–Trinajstić information content (AvgIpc) is 2.15. The Morgan fingerprint density at radius 1 is 0.714 bits per heavy atom. The van der Waals surface area contributed by atoms with Crippen molar-refractivity contribution in [2.75, 3.05) is 0 Å². The molecule has 0 heterocycles. The van der Waals surface area contributed by atoms with E-state index in [1.54, 1.807) is 12.2 Å². The first-order valence-corrected chi connectivity index (χ1v) is 4.80. The van der Waals surface area contributed by atoms with Crippen LogP contribution in [0.3, 0.4) is 0 Å². The maximum atomic E-state index is 3.36. The van der Waals surface area contributed by atoms with Crippen molar-refractivity contribution in [3.8, 4) is 0 Å². The van der Waals surface area contributed by atoms with E-state index in [-0.39, 0.29) is 0 Å². The normalized spacial score (nSPS) is 8.57. The summed E-state index contributed by atoms with van der Waals surface area (Å²) in [6.07, 6.45) is 3.28. The minimum atomic E-state index is 1.39. The molecule has 0 N–H and O–H groups in total. The van der Waals surface area contributed by atoms with E-state index < -0.39 is 0 Å². The van der Waals surface area contributed by atoms with Crippen LogP contribution < -0.4 is 0 Å². The topological polar surface area (TPSA) is 0 Å². The largest absolute Gasteiger partial charge is 0.0991 e. The number of hydrogen-bond acceptors (Lipinski definition) is 0. The van der Waals surface area contributed by atoms with Crippen molar-refractivity contribution in [3.05, 3.63) is 59.7 Å². The number of benzene rings is 1. The van der Waals surface area contributed by atoms with Crippen LogP contribution in [0, 0.1) is 27.7 Å². The van der Waals surface area contributed by atoms with Crippen LogP contribution in [0.2, 0.25) is 0 Å². The lowest BCUT2D eigenvalue weighted by molar-refractivity contribution is 1.24. The summed E-state index contributed by atoms with van der Waals surface area (Å²) in [7, 11) is 0. The Bertz CT molecular complexity index is 263. The van der Waals surface area contributed by atoms with Crippen LogP contribution in [0.4, 0.5) is 0 Å². The fourth-order valence-corrected chi connectivity index (χ4v) is 1.10. The molecule has 1 rings (SSSR count). The second-order valence-electron chi connectivity index (χ2n) is 3.49. The van der Waals surface area contributed by atoms with Gasteiger partial charge in [0.15, 0.2) is 0 Å². The van der Waals surface area contributed by atoms with Gasteiger partial charge in [-0.25, -0.2) is 0 Å². The zero-order chi connectivity index (χ0) is 11.1. The number of allylic oxidation sites excluding steroid dienone is 2. The van der Waals surface area contributed by atoms with Crippen LogP contribution in [-0.2, 0) is 0 Å². The molecule has 0 fully saturated rings.